The molecule has 4 aromatic heterocycles. The number of furan rings is 1. The summed E-state index contributed by atoms with van der Waals surface area (Å²) >= 11 is 2.22. The second-order valence-corrected chi connectivity index (χ2v) is 11.7. The molecule has 226 valence electrons. The number of aliphatic carboxylic acids is 1. The Hall–Kier alpha value is -5.23. The molecule has 0 spiro atoms. The second-order valence-electron chi connectivity index (χ2n) is 9.81. The van der Waals surface area contributed by atoms with Gasteiger partial charge in [-0.1, -0.05) is 5.16 Å². The molecule has 1 saturated heterocycles. The molecule has 2 aliphatic rings. The number of nitrogens with two attached hydrogens (primary N) is 2. The minimum absolute atomic E-state index is 0.0507. The van der Waals surface area contributed by atoms with Gasteiger partial charge in [0.25, 0.3) is 11.8 Å². The predicted molar refractivity (Wildman–Crippen MR) is 159 cm³/mol. The van der Waals surface area contributed by atoms with Crippen molar-refractivity contribution >= 4 is 68.7 Å². The molecule has 0 bridgehead atoms. The van der Waals surface area contributed by atoms with Crippen LogP contribution in [-0.4, -0.2) is 77.5 Å². The van der Waals surface area contributed by atoms with Crippen LogP contribution in [0.4, 0.5) is 5.13 Å². The maximum absolute atomic E-state index is 13.2. The highest BCUT2D eigenvalue weighted by Crippen LogP contribution is 2.40. The summed E-state index contributed by atoms with van der Waals surface area (Å²) in [5, 5.41) is 24.5. The van der Waals surface area contributed by atoms with Gasteiger partial charge in [-0.25, -0.2) is 4.79 Å². The quantitative estimate of drug-likeness (QED) is 0.0513. The van der Waals surface area contributed by atoms with Crippen LogP contribution in [0.1, 0.15) is 17.1 Å². The minimum atomic E-state index is -1.24. The van der Waals surface area contributed by atoms with Gasteiger partial charge in [-0.2, -0.15) is 13.9 Å². The molecule has 0 unspecified atom stereocenters. The lowest BCUT2D eigenvalue weighted by molar-refractivity contribution is -0.687. The first-order valence-electron chi connectivity index (χ1n) is 13.0. The zero-order valence-electron chi connectivity index (χ0n) is 23.0. The van der Waals surface area contributed by atoms with Crippen molar-refractivity contribution in [3.63, 3.8) is 0 Å². The number of nitrogen functional groups attached to an aromatic ring is 2. The third-order valence-corrected chi connectivity index (χ3v) is 8.91. The maximum Gasteiger partial charge on any atom is 0.352 e. The Labute approximate surface area is 256 Å². The van der Waals surface area contributed by atoms with Crippen LogP contribution in [0, 0.1) is 5.41 Å². The molecular weight excluding hydrogens is 612 g/mol. The Morgan fingerprint density at radius 3 is 2.89 bits per heavy atom. The zero-order chi connectivity index (χ0) is 31.1. The van der Waals surface area contributed by atoms with Crippen molar-refractivity contribution in [3.8, 4) is 0 Å². The largest absolute Gasteiger partial charge is 0.477 e. The molecule has 6 rings (SSSR count). The topological polar surface area (TPSA) is 232 Å². The number of thioether (sulfide) groups is 1. The standard InChI is InChI=1S/C26H24N10O6S2/c1-41-32-17(21-31-26(29)44-33-21)22(37)30-18-23(38)36-19(25(39)40)14(11-43-24(18)36)7-34-4-2-12-3-5-35(16(12)9-34)8-15-6-13(10-42-15)20(27)28/h2-6,9-10,18,24H,7-8,11H2,1H3,(H6-,27,28,29,30,31,33,37,39,40)/p+1/b32-17-/t18-,24-/m1/s1. The number of carbonyl (C=O) groups is 3. The van der Waals surface area contributed by atoms with Gasteiger partial charge in [0.2, 0.25) is 11.5 Å². The summed E-state index contributed by atoms with van der Waals surface area (Å²) in [6.07, 6.45) is 7.08. The van der Waals surface area contributed by atoms with Crippen LogP contribution in [0.15, 0.2) is 63.9 Å². The predicted octanol–water partition coefficient (Wildman–Crippen LogP) is 0.0772. The first kappa shape index (κ1) is 28.9. The molecule has 2 amide bonds. The van der Waals surface area contributed by atoms with Gasteiger partial charge in [-0.05, 0) is 12.1 Å². The van der Waals surface area contributed by atoms with E-state index in [4.69, 9.17) is 26.1 Å². The lowest BCUT2D eigenvalue weighted by Gasteiger charge is -2.49. The number of nitrogens with zero attached hydrogens (tertiary/aromatic N) is 6. The number of anilines is 1. The number of aromatic nitrogens is 4. The van der Waals surface area contributed by atoms with Crippen molar-refractivity contribution in [2.45, 2.75) is 24.5 Å². The first-order valence-corrected chi connectivity index (χ1v) is 14.8. The fourth-order valence-corrected chi connectivity index (χ4v) is 6.79. The summed E-state index contributed by atoms with van der Waals surface area (Å²) in [7, 11) is 1.25. The molecule has 0 aromatic carbocycles. The van der Waals surface area contributed by atoms with Gasteiger partial charge in [0, 0.05) is 40.5 Å². The van der Waals surface area contributed by atoms with Crippen LogP contribution in [0.3, 0.4) is 0 Å². The summed E-state index contributed by atoms with van der Waals surface area (Å²) in [6.45, 7) is 0.625. The van der Waals surface area contributed by atoms with E-state index in [1.165, 1.54) is 30.0 Å². The molecule has 18 heteroatoms. The van der Waals surface area contributed by atoms with E-state index in [1.54, 1.807) is 6.07 Å². The number of amidine groups is 1. The van der Waals surface area contributed by atoms with Gasteiger partial charge in [0.1, 0.15) is 47.6 Å². The average molecular weight is 638 g/mol. The van der Waals surface area contributed by atoms with E-state index in [1.807, 2.05) is 39.9 Å². The third-order valence-electron chi connectivity index (χ3n) is 7.02. The van der Waals surface area contributed by atoms with E-state index < -0.39 is 29.2 Å². The van der Waals surface area contributed by atoms with Gasteiger partial charge >= 0.3 is 5.97 Å². The van der Waals surface area contributed by atoms with Crippen molar-refractivity contribution < 1.29 is 33.3 Å². The molecule has 44 heavy (non-hydrogen) atoms. The fraction of sp³-hybridized carbons (Fsp3) is 0.231. The van der Waals surface area contributed by atoms with Gasteiger partial charge in [-0.15, -0.1) is 11.8 Å². The number of carboxylic acids is 1. The number of β-lactam (4-membered cyclic amide) rings is 1. The lowest BCUT2D eigenvalue weighted by Crippen LogP contribution is -2.71. The van der Waals surface area contributed by atoms with Crippen molar-refractivity contribution in [1.82, 2.24) is 24.1 Å². The number of nitrogens with one attached hydrogen (secondary N) is 2. The molecule has 1 fully saturated rings. The summed E-state index contributed by atoms with van der Waals surface area (Å²) in [5.74, 6) is -1.75. The Balaban J connectivity index is 1.21. The van der Waals surface area contributed by atoms with Crippen LogP contribution >= 0.6 is 23.3 Å². The highest BCUT2D eigenvalue weighted by atomic mass is 32.2. The monoisotopic (exact) mass is 637 g/mol. The Bertz CT molecular complexity index is 1890. The first-order chi connectivity index (χ1) is 21.1. The smallest absolute Gasteiger partial charge is 0.352 e. The Morgan fingerprint density at radius 1 is 1.39 bits per heavy atom. The molecule has 2 atom stereocenters. The molecular formula is C26H25N10O6S2+. The van der Waals surface area contributed by atoms with E-state index >= 15 is 0 Å². The Kier molecular flexibility index (Phi) is 7.52. The maximum atomic E-state index is 13.2. The molecule has 6 heterocycles. The SMILES string of the molecule is CO/N=C(\C(=O)N[C@@H]1C(=O)N2C(C(=O)O)=C(C[n+]3ccc4ccn(Cc5cc(C(=N)N)co5)c4c3)CS[C@H]12)c1nsc(N)n1. The normalized spacial score (nSPS) is 18.2. The van der Waals surface area contributed by atoms with Crippen molar-refractivity contribution in [1.29, 1.82) is 5.41 Å². The van der Waals surface area contributed by atoms with Crippen LogP contribution in [-0.2, 0) is 32.3 Å². The Morgan fingerprint density at radius 2 is 2.20 bits per heavy atom. The summed E-state index contributed by atoms with van der Waals surface area (Å²) in [6, 6.07) is 4.59. The van der Waals surface area contributed by atoms with E-state index in [-0.39, 0.29) is 34.7 Å². The lowest BCUT2D eigenvalue weighted by atomic mass is 10.0. The van der Waals surface area contributed by atoms with Crippen molar-refractivity contribution in [2.24, 2.45) is 10.9 Å². The zero-order valence-corrected chi connectivity index (χ0v) is 24.6. The number of rotatable bonds is 10. The highest BCUT2D eigenvalue weighted by Gasteiger charge is 2.55. The van der Waals surface area contributed by atoms with E-state index in [2.05, 4.69) is 19.8 Å². The van der Waals surface area contributed by atoms with Crippen molar-refractivity contribution in [2.75, 3.05) is 18.6 Å². The molecule has 7 N–H and O–H groups in total. The molecule has 16 nitrogen and oxygen atoms in total. The van der Waals surface area contributed by atoms with Crippen LogP contribution in [0.2, 0.25) is 0 Å². The summed E-state index contributed by atoms with van der Waals surface area (Å²) in [4.78, 5) is 48.5. The second kappa shape index (κ2) is 11.5. The number of oxime groups is 1. The number of pyridine rings is 1. The van der Waals surface area contributed by atoms with Crippen molar-refractivity contribution in [3.05, 3.63) is 71.5 Å². The molecule has 0 saturated carbocycles. The number of hydrogen-bond donors (Lipinski definition) is 5. The third kappa shape index (κ3) is 5.24. The number of fused-ring (bicyclic) bond motifs is 2. The van der Waals surface area contributed by atoms with Gasteiger partial charge in [0.15, 0.2) is 24.1 Å². The van der Waals surface area contributed by atoms with Gasteiger partial charge < -0.3 is 35.7 Å². The summed E-state index contributed by atoms with van der Waals surface area (Å²) < 4.78 is 13.3. The molecule has 0 radical (unpaired) electrons. The van der Waals surface area contributed by atoms with Gasteiger partial charge in [-0.3, -0.25) is 19.9 Å². The van der Waals surface area contributed by atoms with Crippen LogP contribution in [0.5, 0.6) is 0 Å². The number of carbonyl (C=O) groups excluding carboxylic acids is 2. The van der Waals surface area contributed by atoms with Gasteiger partial charge in [0.05, 0.1) is 12.1 Å². The van der Waals surface area contributed by atoms with E-state index in [0.717, 1.165) is 22.4 Å². The molecule has 2 aliphatic heterocycles. The number of hydrogen-bond acceptors (Lipinski definition) is 12. The average Bonchev–Trinajstić information content (AvgIpc) is 3.75. The van der Waals surface area contributed by atoms with Crippen LogP contribution < -0.4 is 21.4 Å². The molecule has 4 aromatic rings. The minimum Gasteiger partial charge on any atom is -0.477 e. The highest BCUT2D eigenvalue weighted by molar-refractivity contribution is 8.00. The number of amides is 2. The summed E-state index contributed by atoms with van der Waals surface area (Å²) in [5.41, 5.74) is 12.7. The fourth-order valence-electron chi connectivity index (χ4n) is 5.02. The molecule has 0 aliphatic carbocycles. The van der Waals surface area contributed by atoms with E-state index in [0.29, 0.717) is 29.2 Å². The van der Waals surface area contributed by atoms with Crippen LogP contribution in [0.25, 0.3) is 10.9 Å². The number of carboxylic acid groups (broad SMARTS) is 1. The van der Waals surface area contributed by atoms with E-state index in [9.17, 15) is 19.5 Å².